The summed E-state index contributed by atoms with van der Waals surface area (Å²) in [7, 11) is 0. The average Bonchev–Trinajstić information content (AvgIpc) is 2.76. The number of hydrogen-bond acceptors (Lipinski definition) is 5. The number of rotatable bonds is 10. The molecule has 0 bridgehead atoms. The summed E-state index contributed by atoms with van der Waals surface area (Å²) >= 11 is 0. The fourth-order valence-corrected chi connectivity index (χ4v) is 2.52. The molecule has 160 valence electrons. The van der Waals surface area contributed by atoms with Crippen molar-refractivity contribution in [3.63, 3.8) is 0 Å². The van der Waals surface area contributed by atoms with E-state index in [-0.39, 0.29) is 24.8 Å². The molecule has 0 heterocycles. The lowest BCUT2D eigenvalue weighted by Gasteiger charge is -2.11. The lowest BCUT2D eigenvalue weighted by molar-refractivity contribution is -0.142. The van der Waals surface area contributed by atoms with Gasteiger partial charge in [0, 0.05) is 11.6 Å². The number of nitrogens with zero attached hydrogens (tertiary/aromatic N) is 1. The van der Waals surface area contributed by atoms with Crippen molar-refractivity contribution < 1.29 is 33.0 Å². The van der Waals surface area contributed by atoms with Crippen LogP contribution in [-0.4, -0.2) is 23.9 Å². The molecule has 31 heavy (non-hydrogen) atoms. The first kappa shape index (κ1) is 21.8. The van der Waals surface area contributed by atoms with Crippen LogP contribution in [0.5, 0.6) is 11.5 Å². The Morgan fingerprint density at radius 1 is 0.839 bits per heavy atom. The van der Waals surface area contributed by atoms with E-state index in [0.29, 0.717) is 17.1 Å². The lowest BCUT2D eigenvalue weighted by atomic mass is 10.2. The zero-order valence-electron chi connectivity index (χ0n) is 16.3. The lowest BCUT2D eigenvalue weighted by Crippen LogP contribution is -2.03. The molecular weight excluding hydrogens is 408 g/mol. The number of ether oxygens (including phenoxy) is 2. The maximum atomic E-state index is 13.1. The highest BCUT2D eigenvalue weighted by Gasteiger charge is 2.05. The maximum Gasteiger partial charge on any atom is 0.344 e. The standard InChI is InChI=1S/C23H19F2NO5/c24-19-5-1-16(2-6-19)13-29-21-9-18(12-26-31-15-23(27)28)10-22(11-21)30-14-17-3-7-20(25)8-4-17/h1-12H,13-15H2,(H,27,28)/b26-12+. The molecule has 8 heteroatoms. The first-order valence-electron chi connectivity index (χ1n) is 9.24. The normalized spacial score (nSPS) is 10.8. The van der Waals surface area contributed by atoms with E-state index in [9.17, 15) is 13.6 Å². The van der Waals surface area contributed by atoms with Gasteiger partial charge in [-0.2, -0.15) is 0 Å². The van der Waals surface area contributed by atoms with Crippen LogP contribution < -0.4 is 9.47 Å². The van der Waals surface area contributed by atoms with Gasteiger partial charge < -0.3 is 19.4 Å². The Balaban J connectivity index is 1.72. The Morgan fingerprint density at radius 3 is 1.77 bits per heavy atom. The molecule has 0 saturated heterocycles. The maximum absolute atomic E-state index is 13.1. The van der Waals surface area contributed by atoms with Gasteiger partial charge in [-0.25, -0.2) is 13.6 Å². The number of hydrogen-bond donors (Lipinski definition) is 1. The summed E-state index contributed by atoms with van der Waals surface area (Å²) in [6, 6.07) is 16.9. The minimum absolute atomic E-state index is 0.202. The topological polar surface area (TPSA) is 77.4 Å². The quantitative estimate of drug-likeness (QED) is 0.379. The van der Waals surface area contributed by atoms with Gasteiger partial charge in [-0.1, -0.05) is 29.4 Å². The molecule has 0 aliphatic carbocycles. The SMILES string of the molecule is O=C(O)CO/N=C/c1cc(OCc2ccc(F)cc2)cc(OCc2ccc(F)cc2)c1. The number of oxime groups is 1. The van der Waals surface area contributed by atoms with E-state index < -0.39 is 12.6 Å². The highest BCUT2D eigenvalue weighted by molar-refractivity contribution is 5.80. The van der Waals surface area contributed by atoms with Crippen LogP contribution in [-0.2, 0) is 22.8 Å². The largest absolute Gasteiger partial charge is 0.489 e. The van der Waals surface area contributed by atoms with Crippen molar-refractivity contribution in [2.75, 3.05) is 6.61 Å². The van der Waals surface area contributed by atoms with Gasteiger partial charge >= 0.3 is 5.97 Å². The van der Waals surface area contributed by atoms with Crippen molar-refractivity contribution in [2.45, 2.75) is 13.2 Å². The number of carbonyl (C=O) groups is 1. The highest BCUT2D eigenvalue weighted by atomic mass is 19.1. The fraction of sp³-hybridized carbons (Fsp3) is 0.130. The first-order chi connectivity index (χ1) is 15.0. The molecule has 0 radical (unpaired) electrons. The van der Waals surface area contributed by atoms with Crippen LogP contribution in [0.1, 0.15) is 16.7 Å². The van der Waals surface area contributed by atoms with Gasteiger partial charge in [0.15, 0.2) is 0 Å². The summed E-state index contributed by atoms with van der Waals surface area (Å²) in [5.41, 5.74) is 2.11. The van der Waals surface area contributed by atoms with E-state index in [1.807, 2.05) is 0 Å². The van der Waals surface area contributed by atoms with Gasteiger partial charge in [0.25, 0.3) is 0 Å². The van der Waals surface area contributed by atoms with Crippen LogP contribution in [0.3, 0.4) is 0 Å². The van der Waals surface area contributed by atoms with Crippen LogP contribution in [0.2, 0.25) is 0 Å². The zero-order chi connectivity index (χ0) is 22.1. The van der Waals surface area contributed by atoms with Crippen LogP contribution in [0, 0.1) is 11.6 Å². The third kappa shape index (κ3) is 7.43. The number of aliphatic carboxylic acids is 1. The molecule has 1 N–H and O–H groups in total. The summed E-state index contributed by atoms with van der Waals surface area (Å²) in [5.74, 6) is -0.891. The summed E-state index contributed by atoms with van der Waals surface area (Å²) in [6.45, 7) is -0.160. The van der Waals surface area contributed by atoms with Crippen molar-refractivity contribution in [1.29, 1.82) is 0 Å². The van der Waals surface area contributed by atoms with E-state index >= 15 is 0 Å². The Bertz CT molecular complexity index is 969. The van der Waals surface area contributed by atoms with Gasteiger partial charge in [0.05, 0.1) is 6.21 Å². The zero-order valence-corrected chi connectivity index (χ0v) is 16.3. The second kappa shape index (κ2) is 10.7. The number of carboxylic acid groups (broad SMARTS) is 1. The summed E-state index contributed by atoms with van der Waals surface area (Å²) in [5, 5.41) is 12.2. The monoisotopic (exact) mass is 427 g/mol. The van der Waals surface area contributed by atoms with Crippen LogP contribution in [0.25, 0.3) is 0 Å². The van der Waals surface area contributed by atoms with Crippen LogP contribution >= 0.6 is 0 Å². The molecule has 0 unspecified atom stereocenters. The molecule has 0 spiro atoms. The molecule has 0 atom stereocenters. The van der Waals surface area contributed by atoms with Crippen molar-refractivity contribution >= 4 is 12.2 Å². The van der Waals surface area contributed by atoms with E-state index in [2.05, 4.69) is 9.99 Å². The number of halogens is 2. The summed E-state index contributed by atoms with van der Waals surface area (Å²) in [4.78, 5) is 15.2. The smallest absolute Gasteiger partial charge is 0.344 e. The van der Waals surface area contributed by atoms with Gasteiger partial charge in [-0.05, 0) is 47.5 Å². The molecule has 0 aliphatic rings. The number of benzene rings is 3. The van der Waals surface area contributed by atoms with Gasteiger partial charge in [-0.15, -0.1) is 0 Å². The molecule has 0 fully saturated rings. The molecular formula is C23H19F2NO5. The van der Waals surface area contributed by atoms with Crippen molar-refractivity contribution in [3.05, 3.63) is 95.1 Å². The molecule has 0 aromatic heterocycles. The van der Waals surface area contributed by atoms with Crippen molar-refractivity contribution in [1.82, 2.24) is 0 Å². The molecule has 0 amide bonds. The highest BCUT2D eigenvalue weighted by Crippen LogP contribution is 2.24. The van der Waals surface area contributed by atoms with Gasteiger partial charge in [-0.3, -0.25) is 0 Å². The Kier molecular flexibility index (Phi) is 7.53. The predicted octanol–water partition coefficient (Wildman–Crippen LogP) is 4.56. The first-order valence-corrected chi connectivity index (χ1v) is 9.24. The third-order valence-corrected chi connectivity index (χ3v) is 4.00. The fourth-order valence-electron chi connectivity index (χ4n) is 2.52. The average molecular weight is 427 g/mol. The molecule has 3 rings (SSSR count). The predicted molar refractivity (Wildman–Crippen MR) is 109 cm³/mol. The molecule has 3 aromatic rings. The van der Waals surface area contributed by atoms with Crippen LogP contribution in [0.4, 0.5) is 8.78 Å². The van der Waals surface area contributed by atoms with E-state index in [1.165, 1.54) is 30.5 Å². The van der Waals surface area contributed by atoms with Crippen molar-refractivity contribution in [3.8, 4) is 11.5 Å². The second-order valence-corrected chi connectivity index (χ2v) is 6.47. The minimum atomic E-state index is -1.14. The summed E-state index contributed by atoms with van der Waals surface area (Å²) in [6.07, 6.45) is 1.33. The van der Waals surface area contributed by atoms with Gasteiger partial charge in [0.2, 0.25) is 6.61 Å². The molecule has 3 aromatic carbocycles. The third-order valence-electron chi connectivity index (χ3n) is 4.00. The Labute approximate surface area is 177 Å². The summed E-state index contributed by atoms with van der Waals surface area (Å²) < 4.78 is 37.7. The van der Waals surface area contributed by atoms with Crippen LogP contribution in [0.15, 0.2) is 71.9 Å². The minimum Gasteiger partial charge on any atom is -0.489 e. The molecule has 0 saturated carbocycles. The van der Waals surface area contributed by atoms with E-state index in [1.54, 1.807) is 42.5 Å². The Hall–Kier alpha value is -3.94. The van der Waals surface area contributed by atoms with E-state index in [0.717, 1.165) is 11.1 Å². The number of carboxylic acids is 1. The van der Waals surface area contributed by atoms with Gasteiger partial charge in [0.1, 0.15) is 36.3 Å². The van der Waals surface area contributed by atoms with E-state index in [4.69, 9.17) is 14.6 Å². The van der Waals surface area contributed by atoms with Crippen molar-refractivity contribution in [2.24, 2.45) is 5.16 Å². The Morgan fingerprint density at radius 2 is 1.32 bits per heavy atom. The molecule has 0 aliphatic heterocycles. The molecule has 6 nitrogen and oxygen atoms in total. The second-order valence-electron chi connectivity index (χ2n) is 6.47.